The maximum absolute atomic E-state index is 10.4. The molecule has 64 valence electrons. The SMILES string of the molecule is CC(Br)c1ccc(C(=O)O)nc1. The summed E-state index contributed by atoms with van der Waals surface area (Å²) in [5.74, 6) is -0.997. The van der Waals surface area contributed by atoms with E-state index in [-0.39, 0.29) is 10.5 Å². The first-order valence-corrected chi connectivity index (χ1v) is 4.36. The zero-order valence-electron chi connectivity index (χ0n) is 6.49. The van der Waals surface area contributed by atoms with Crippen LogP contribution in [0.4, 0.5) is 0 Å². The summed E-state index contributed by atoms with van der Waals surface area (Å²) < 4.78 is 0. The quantitative estimate of drug-likeness (QED) is 0.792. The van der Waals surface area contributed by atoms with Gasteiger partial charge in [0.15, 0.2) is 0 Å². The molecule has 4 heteroatoms. The molecule has 0 aliphatic rings. The molecule has 0 spiro atoms. The molecule has 1 rings (SSSR count). The highest BCUT2D eigenvalue weighted by atomic mass is 79.9. The first-order chi connectivity index (χ1) is 5.61. The number of carboxylic acids is 1. The standard InChI is InChI=1S/C8H8BrNO2/c1-5(9)6-2-3-7(8(11)12)10-4-6/h2-5H,1H3,(H,11,12). The predicted molar refractivity (Wildman–Crippen MR) is 48.5 cm³/mol. The molecule has 1 aromatic heterocycles. The molecule has 1 N–H and O–H groups in total. The molecule has 3 nitrogen and oxygen atoms in total. The number of hydrogen-bond donors (Lipinski definition) is 1. The van der Waals surface area contributed by atoms with E-state index in [2.05, 4.69) is 20.9 Å². The third-order valence-corrected chi connectivity index (χ3v) is 1.99. The number of alkyl halides is 1. The molecule has 1 atom stereocenters. The average Bonchev–Trinajstić information content (AvgIpc) is 2.04. The van der Waals surface area contributed by atoms with Gasteiger partial charge in [-0.2, -0.15) is 0 Å². The van der Waals surface area contributed by atoms with Crippen LogP contribution < -0.4 is 0 Å². The summed E-state index contributed by atoms with van der Waals surface area (Å²) in [6.07, 6.45) is 1.56. The third kappa shape index (κ3) is 2.04. The molecule has 1 aromatic rings. The average molecular weight is 230 g/mol. The van der Waals surface area contributed by atoms with Crippen LogP contribution in [0.15, 0.2) is 18.3 Å². The van der Waals surface area contributed by atoms with Gasteiger partial charge in [-0.15, -0.1) is 0 Å². The Balaban J connectivity index is 2.93. The number of aromatic nitrogens is 1. The van der Waals surface area contributed by atoms with Crippen LogP contribution in [0.2, 0.25) is 0 Å². The molecule has 1 unspecified atom stereocenters. The van der Waals surface area contributed by atoms with E-state index in [0.29, 0.717) is 0 Å². The number of pyridine rings is 1. The van der Waals surface area contributed by atoms with Gasteiger partial charge in [-0.1, -0.05) is 22.0 Å². The summed E-state index contributed by atoms with van der Waals surface area (Å²) in [5, 5.41) is 8.54. The van der Waals surface area contributed by atoms with Crippen molar-refractivity contribution in [3.8, 4) is 0 Å². The van der Waals surface area contributed by atoms with Crippen LogP contribution in [0.25, 0.3) is 0 Å². The summed E-state index contributed by atoms with van der Waals surface area (Å²) in [7, 11) is 0. The topological polar surface area (TPSA) is 50.2 Å². The second-order valence-corrected chi connectivity index (χ2v) is 3.77. The number of carboxylic acid groups (broad SMARTS) is 1. The van der Waals surface area contributed by atoms with Crippen molar-refractivity contribution in [1.29, 1.82) is 0 Å². The fraction of sp³-hybridized carbons (Fsp3) is 0.250. The largest absolute Gasteiger partial charge is 0.477 e. The molecule has 1 heterocycles. The van der Waals surface area contributed by atoms with Gasteiger partial charge in [-0.3, -0.25) is 0 Å². The van der Waals surface area contributed by atoms with E-state index in [1.54, 1.807) is 12.3 Å². The van der Waals surface area contributed by atoms with Crippen molar-refractivity contribution in [2.75, 3.05) is 0 Å². The molecule has 0 fully saturated rings. The summed E-state index contributed by atoms with van der Waals surface area (Å²) >= 11 is 3.36. The van der Waals surface area contributed by atoms with Gasteiger partial charge in [-0.25, -0.2) is 9.78 Å². The van der Waals surface area contributed by atoms with Crippen molar-refractivity contribution < 1.29 is 9.90 Å². The Morgan fingerprint density at radius 3 is 2.67 bits per heavy atom. The number of hydrogen-bond acceptors (Lipinski definition) is 2. The van der Waals surface area contributed by atoms with E-state index < -0.39 is 5.97 Å². The van der Waals surface area contributed by atoms with Crippen molar-refractivity contribution >= 4 is 21.9 Å². The normalized spacial score (nSPS) is 12.5. The highest BCUT2D eigenvalue weighted by Gasteiger charge is 2.05. The van der Waals surface area contributed by atoms with Crippen molar-refractivity contribution in [3.05, 3.63) is 29.6 Å². The van der Waals surface area contributed by atoms with Gasteiger partial charge in [-0.05, 0) is 18.6 Å². The van der Waals surface area contributed by atoms with E-state index in [9.17, 15) is 4.79 Å². The molecule has 0 saturated heterocycles. The Morgan fingerprint density at radius 1 is 1.67 bits per heavy atom. The van der Waals surface area contributed by atoms with Crippen molar-refractivity contribution in [1.82, 2.24) is 4.98 Å². The predicted octanol–water partition coefficient (Wildman–Crippen LogP) is 2.24. The van der Waals surface area contributed by atoms with E-state index in [1.807, 2.05) is 6.92 Å². The Labute approximate surface area is 78.6 Å². The van der Waals surface area contributed by atoms with Gasteiger partial charge in [0.25, 0.3) is 0 Å². The molecule has 12 heavy (non-hydrogen) atoms. The number of carbonyl (C=O) groups is 1. The zero-order valence-corrected chi connectivity index (χ0v) is 8.08. The summed E-state index contributed by atoms with van der Waals surface area (Å²) in [6.45, 7) is 1.96. The minimum Gasteiger partial charge on any atom is -0.477 e. The monoisotopic (exact) mass is 229 g/mol. The van der Waals surface area contributed by atoms with Gasteiger partial charge in [0.2, 0.25) is 0 Å². The van der Waals surface area contributed by atoms with Crippen LogP contribution in [0.5, 0.6) is 0 Å². The Hall–Kier alpha value is -0.900. The summed E-state index contributed by atoms with van der Waals surface area (Å²) in [5.41, 5.74) is 1.05. The summed E-state index contributed by atoms with van der Waals surface area (Å²) in [6, 6.07) is 3.24. The van der Waals surface area contributed by atoms with E-state index >= 15 is 0 Å². The molecule has 0 radical (unpaired) electrons. The fourth-order valence-corrected chi connectivity index (χ4v) is 1.04. The third-order valence-electron chi connectivity index (χ3n) is 1.46. The second kappa shape index (κ2) is 3.67. The smallest absolute Gasteiger partial charge is 0.354 e. The zero-order chi connectivity index (χ0) is 9.14. The Bertz CT molecular complexity index is 282. The van der Waals surface area contributed by atoms with Gasteiger partial charge >= 0.3 is 5.97 Å². The number of rotatable bonds is 2. The maximum Gasteiger partial charge on any atom is 0.354 e. The molecule has 0 aliphatic carbocycles. The molecule has 0 bridgehead atoms. The molecule has 0 aromatic carbocycles. The molecular formula is C8H8BrNO2. The molecule has 0 amide bonds. The lowest BCUT2D eigenvalue weighted by atomic mass is 10.2. The van der Waals surface area contributed by atoms with Gasteiger partial charge < -0.3 is 5.11 Å². The minimum atomic E-state index is -0.997. The van der Waals surface area contributed by atoms with Crippen LogP contribution in [0.3, 0.4) is 0 Å². The molecule has 0 aliphatic heterocycles. The highest BCUT2D eigenvalue weighted by Crippen LogP contribution is 2.20. The Morgan fingerprint density at radius 2 is 2.33 bits per heavy atom. The van der Waals surface area contributed by atoms with Crippen LogP contribution in [0, 0.1) is 0 Å². The summed E-state index contributed by atoms with van der Waals surface area (Å²) in [4.78, 5) is 14.4. The fourth-order valence-electron chi connectivity index (χ4n) is 0.767. The lowest BCUT2D eigenvalue weighted by Crippen LogP contribution is -2.00. The lowest BCUT2D eigenvalue weighted by Gasteiger charge is -2.01. The highest BCUT2D eigenvalue weighted by molar-refractivity contribution is 9.09. The second-order valence-electron chi connectivity index (χ2n) is 2.40. The van der Waals surface area contributed by atoms with E-state index in [4.69, 9.17) is 5.11 Å². The van der Waals surface area contributed by atoms with Crippen LogP contribution in [-0.2, 0) is 0 Å². The molecule has 0 saturated carbocycles. The number of aromatic carboxylic acids is 1. The van der Waals surface area contributed by atoms with Gasteiger partial charge in [0.1, 0.15) is 5.69 Å². The van der Waals surface area contributed by atoms with E-state index in [1.165, 1.54) is 6.07 Å². The maximum atomic E-state index is 10.4. The molecular weight excluding hydrogens is 222 g/mol. The lowest BCUT2D eigenvalue weighted by molar-refractivity contribution is 0.0690. The number of halogens is 1. The van der Waals surface area contributed by atoms with E-state index in [0.717, 1.165) is 5.56 Å². The van der Waals surface area contributed by atoms with Crippen molar-refractivity contribution in [2.45, 2.75) is 11.8 Å². The van der Waals surface area contributed by atoms with Crippen LogP contribution in [0.1, 0.15) is 27.8 Å². The van der Waals surface area contributed by atoms with Gasteiger partial charge in [0, 0.05) is 11.0 Å². The van der Waals surface area contributed by atoms with Crippen molar-refractivity contribution in [3.63, 3.8) is 0 Å². The first-order valence-electron chi connectivity index (χ1n) is 3.44. The van der Waals surface area contributed by atoms with Crippen molar-refractivity contribution in [2.24, 2.45) is 0 Å². The number of nitrogens with zero attached hydrogens (tertiary/aromatic N) is 1. The van der Waals surface area contributed by atoms with Crippen LogP contribution >= 0.6 is 15.9 Å². The van der Waals surface area contributed by atoms with Gasteiger partial charge in [0.05, 0.1) is 0 Å². The van der Waals surface area contributed by atoms with Crippen LogP contribution in [-0.4, -0.2) is 16.1 Å². The first kappa shape index (κ1) is 9.19. The Kier molecular flexibility index (Phi) is 2.81. The minimum absolute atomic E-state index is 0.0758.